The third-order valence-corrected chi connectivity index (χ3v) is 5.55. The summed E-state index contributed by atoms with van der Waals surface area (Å²) in [5, 5.41) is 4.63. The lowest BCUT2D eigenvalue weighted by atomic mass is 9.96. The van der Waals surface area contributed by atoms with Gasteiger partial charge in [-0.2, -0.15) is 0 Å². The van der Waals surface area contributed by atoms with Crippen LogP contribution in [0.25, 0.3) is 21.5 Å². The van der Waals surface area contributed by atoms with Crippen LogP contribution in [0.2, 0.25) is 0 Å². The van der Waals surface area contributed by atoms with Gasteiger partial charge in [0.05, 0.1) is 13.0 Å². The van der Waals surface area contributed by atoms with Crippen LogP contribution in [0.1, 0.15) is 24.0 Å². The first-order valence-corrected chi connectivity index (χ1v) is 9.85. The molecule has 4 aromatic rings. The third-order valence-electron chi connectivity index (χ3n) is 5.55. The van der Waals surface area contributed by atoms with Gasteiger partial charge in [0, 0.05) is 13.6 Å². The van der Waals surface area contributed by atoms with E-state index >= 15 is 0 Å². The van der Waals surface area contributed by atoms with Crippen molar-refractivity contribution in [3.05, 3.63) is 90.0 Å². The summed E-state index contributed by atoms with van der Waals surface area (Å²) in [5.74, 6) is 0.752. The molecule has 0 N–H and O–H groups in total. The van der Waals surface area contributed by atoms with Crippen molar-refractivity contribution in [1.29, 1.82) is 0 Å². The molecule has 0 aliphatic rings. The molecule has 3 heteroatoms. The van der Waals surface area contributed by atoms with Gasteiger partial charge in [0.25, 0.3) is 0 Å². The minimum Gasteiger partial charge on any atom is -0.497 e. The number of rotatable bonds is 5. The summed E-state index contributed by atoms with van der Waals surface area (Å²) < 4.78 is 5.29. The fourth-order valence-corrected chi connectivity index (χ4v) is 3.80. The summed E-state index contributed by atoms with van der Waals surface area (Å²) in [6.07, 6.45) is 0. The Morgan fingerprint density at radius 2 is 1.52 bits per heavy atom. The first-order chi connectivity index (χ1) is 14.0. The Hall–Kier alpha value is -3.33. The van der Waals surface area contributed by atoms with Crippen molar-refractivity contribution in [2.45, 2.75) is 19.4 Å². The molecule has 0 radical (unpaired) electrons. The normalized spacial score (nSPS) is 12.1. The molecule has 29 heavy (non-hydrogen) atoms. The maximum atomic E-state index is 13.1. The summed E-state index contributed by atoms with van der Waals surface area (Å²) in [6.45, 7) is 2.57. The van der Waals surface area contributed by atoms with Gasteiger partial charge in [-0.3, -0.25) is 4.79 Å². The molecular weight excluding hydrogens is 358 g/mol. The predicted molar refractivity (Wildman–Crippen MR) is 119 cm³/mol. The van der Waals surface area contributed by atoms with Gasteiger partial charge in [-0.1, -0.05) is 60.7 Å². The van der Waals surface area contributed by atoms with E-state index in [2.05, 4.69) is 42.5 Å². The van der Waals surface area contributed by atoms with Crippen molar-refractivity contribution in [2.75, 3.05) is 14.2 Å². The molecule has 4 rings (SSSR count). The van der Waals surface area contributed by atoms with Crippen LogP contribution in [0.15, 0.2) is 78.9 Å². The molecule has 3 nitrogen and oxygen atoms in total. The summed E-state index contributed by atoms with van der Waals surface area (Å²) in [6, 6.07) is 26.8. The second kappa shape index (κ2) is 7.96. The van der Waals surface area contributed by atoms with Crippen LogP contribution >= 0.6 is 0 Å². The molecule has 0 aliphatic heterocycles. The van der Waals surface area contributed by atoms with Crippen molar-refractivity contribution in [2.24, 2.45) is 0 Å². The summed E-state index contributed by atoms with van der Waals surface area (Å²) in [7, 11) is 3.54. The number of likely N-dealkylation sites (N-methyl/N-ethyl adjacent to an activating group) is 1. The quantitative estimate of drug-likeness (QED) is 0.438. The zero-order valence-electron chi connectivity index (χ0n) is 17.1. The lowest BCUT2D eigenvalue weighted by molar-refractivity contribution is -0.131. The van der Waals surface area contributed by atoms with Crippen LogP contribution in [0.3, 0.4) is 0 Å². The molecular formula is C26H25NO2. The van der Waals surface area contributed by atoms with Gasteiger partial charge in [-0.15, -0.1) is 0 Å². The Bertz CT molecular complexity index is 1180. The number of benzene rings is 4. The highest BCUT2D eigenvalue weighted by atomic mass is 16.5. The minimum atomic E-state index is -0.202. The topological polar surface area (TPSA) is 29.5 Å². The average molecular weight is 383 g/mol. The number of fused-ring (bicyclic) bond motifs is 2. The number of carbonyl (C=O) groups is 1. The second-order valence-corrected chi connectivity index (χ2v) is 7.57. The van der Waals surface area contributed by atoms with E-state index in [9.17, 15) is 4.79 Å². The fourth-order valence-electron chi connectivity index (χ4n) is 3.80. The number of hydrogen-bond acceptors (Lipinski definition) is 2. The Morgan fingerprint density at radius 3 is 2.31 bits per heavy atom. The summed E-state index contributed by atoms with van der Waals surface area (Å²) >= 11 is 0. The van der Waals surface area contributed by atoms with E-state index in [0.29, 0.717) is 6.54 Å². The molecule has 1 atom stereocenters. The van der Waals surface area contributed by atoms with Crippen LogP contribution < -0.4 is 4.74 Å². The van der Waals surface area contributed by atoms with Crippen LogP contribution in [-0.2, 0) is 11.3 Å². The van der Waals surface area contributed by atoms with Crippen LogP contribution in [-0.4, -0.2) is 25.0 Å². The maximum absolute atomic E-state index is 13.1. The number of carbonyl (C=O) groups excluding carboxylic acids is 1. The van der Waals surface area contributed by atoms with Crippen LogP contribution in [0.5, 0.6) is 5.75 Å². The van der Waals surface area contributed by atoms with E-state index in [1.54, 1.807) is 7.11 Å². The molecule has 0 unspecified atom stereocenters. The molecule has 0 bridgehead atoms. The summed E-state index contributed by atoms with van der Waals surface area (Å²) in [4.78, 5) is 14.9. The molecule has 146 valence electrons. The number of hydrogen-bond donors (Lipinski definition) is 0. The van der Waals surface area contributed by atoms with Crippen LogP contribution in [0, 0.1) is 0 Å². The number of amides is 1. The third kappa shape index (κ3) is 3.95. The zero-order chi connectivity index (χ0) is 20.4. The van der Waals surface area contributed by atoms with Crippen molar-refractivity contribution in [3.8, 4) is 5.75 Å². The first-order valence-electron chi connectivity index (χ1n) is 9.85. The number of ether oxygens (including phenoxy) is 1. The molecule has 4 aromatic carbocycles. The largest absolute Gasteiger partial charge is 0.497 e. The molecule has 0 aromatic heterocycles. The SMILES string of the molecule is COc1ccc2cc([C@H](C)C(=O)N(C)Cc3ccc4ccccc4c3)ccc2c1. The van der Waals surface area contributed by atoms with E-state index < -0.39 is 0 Å². The van der Waals surface area contributed by atoms with Gasteiger partial charge in [0.15, 0.2) is 0 Å². The van der Waals surface area contributed by atoms with Gasteiger partial charge >= 0.3 is 0 Å². The Morgan fingerprint density at radius 1 is 0.862 bits per heavy atom. The summed E-state index contributed by atoms with van der Waals surface area (Å²) in [5.41, 5.74) is 2.16. The van der Waals surface area contributed by atoms with Crippen molar-refractivity contribution in [1.82, 2.24) is 4.90 Å². The highest BCUT2D eigenvalue weighted by Crippen LogP contribution is 2.26. The smallest absolute Gasteiger partial charge is 0.229 e. The van der Waals surface area contributed by atoms with Crippen molar-refractivity contribution >= 4 is 27.5 Å². The molecule has 0 saturated heterocycles. The van der Waals surface area contributed by atoms with E-state index in [0.717, 1.165) is 27.6 Å². The maximum Gasteiger partial charge on any atom is 0.229 e. The van der Waals surface area contributed by atoms with Gasteiger partial charge in [0.1, 0.15) is 5.75 Å². The van der Waals surface area contributed by atoms with E-state index in [1.165, 1.54) is 10.8 Å². The Kier molecular flexibility index (Phi) is 5.22. The van der Waals surface area contributed by atoms with Crippen LogP contribution in [0.4, 0.5) is 0 Å². The highest BCUT2D eigenvalue weighted by molar-refractivity contribution is 5.88. The zero-order valence-corrected chi connectivity index (χ0v) is 17.1. The highest BCUT2D eigenvalue weighted by Gasteiger charge is 2.20. The van der Waals surface area contributed by atoms with Gasteiger partial charge in [-0.25, -0.2) is 0 Å². The molecule has 0 spiro atoms. The lowest BCUT2D eigenvalue weighted by Crippen LogP contribution is -2.30. The monoisotopic (exact) mass is 383 g/mol. The Balaban J connectivity index is 1.52. The molecule has 0 heterocycles. The Labute approximate surface area is 171 Å². The standard InChI is InChI=1S/C26H25NO2/c1-18(21-10-11-24-16-25(29-3)13-12-23(24)15-21)26(28)27(2)17-19-8-9-20-6-4-5-7-22(20)14-19/h4-16,18H,17H2,1-3H3/t18-/m0/s1. The molecule has 1 amide bonds. The average Bonchev–Trinajstić information content (AvgIpc) is 2.77. The first kappa shape index (κ1) is 19.0. The lowest BCUT2D eigenvalue weighted by Gasteiger charge is -2.22. The molecule has 0 fully saturated rings. The molecule has 0 aliphatic carbocycles. The van der Waals surface area contributed by atoms with Gasteiger partial charge in [-0.05, 0) is 57.8 Å². The van der Waals surface area contributed by atoms with E-state index in [-0.39, 0.29) is 11.8 Å². The van der Waals surface area contributed by atoms with Crippen molar-refractivity contribution < 1.29 is 9.53 Å². The van der Waals surface area contributed by atoms with E-state index in [1.807, 2.05) is 55.3 Å². The van der Waals surface area contributed by atoms with Crippen molar-refractivity contribution in [3.63, 3.8) is 0 Å². The van der Waals surface area contributed by atoms with Gasteiger partial charge < -0.3 is 9.64 Å². The van der Waals surface area contributed by atoms with E-state index in [4.69, 9.17) is 4.74 Å². The van der Waals surface area contributed by atoms with Gasteiger partial charge in [0.2, 0.25) is 5.91 Å². The number of methoxy groups -OCH3 is 1. The molecule has 0 saturated carbocycles. The number of nitrogens with zero attached hydrogens (tertiary/aromatic N) is 1. The minimum absolute atomic E-state index is 0.117. The fraction of sp³-hybridized carbons (Fsp3) is 0.192. The predicted octanol–water partition coefficient (Wildman–Crippen LogP) is 5.76. The second-order valence-electron chi connectivity index (χ2n) is 7.57.